The van der Waals surface area contributed by atoms with E-state index < -0.39 is 16.1 Å². The molecule has 1 unspecified atom stereocenters. The highest BCUT2D eigenvalue weighted by atomic mass is 32.2. The Morgan fingerprint density at radius 3 is 2.03 bits per heavy atom. The van der Waals surface area contributed by atoms with Gasteiger partial charge in [0.05, 0.1) is 4.90 Å². The zero-order chi connectivity index (χ0) is 23.5. The van der Waals surface area contributed by atoms with Gasteiger partial charge in [-0.1, -0.05) is 48.0 Å². The third-order valence-corrected chi connectivity index (χ3v) is 6.98. The van der Waals surface area contributed by atoms with Crippen molar-refractivity contribution in [3.63, 3.8) is 0 Å². The van der Waals surface area contributed by atoms with Crippen molar-refractivity contribution < 1.29 is 17.9 Å². The van der Waals surface area contributed by atoms with Crippen LogP contribution in [0.2, 0.25) is 0 Å². The molecule has 0 aliphatic heterocycles. The number of amides is 1. The van der Waals surface area contributed by atoms with Gasteiger partial charge in [0.25, 0.3) is 5.91 Å². The summed E-state index contributed by atoms with van der Waals surface area (Å²) in [5.41, 5.74) is 4.56. The van der Waals surface area contributed by atoms with Crippen LogP contribution < -0.4 is 10.1 Å². The highest BCUT2D eigenvalue weighted by Crippen LogP contribution is 2.25. The van der Waals surface area contributed by atoms with Crippen LogP contribution in [-0.4, -0.2) is 38.8 Å². The number of nitrogens with one attached hydrogen (secondary N) is 1. The van der Waals surface area contributed by atoms with Crippen LogP contribution in [0.4, 0.5) is 5.69 Å². The molecule has 0 bridgehead atoms. The van der Waals surface area contributed by atoms with E-state index >= 15 is 0 Å². The normalized spacial score (nSPS) is 12.4. The number of ether oxygens (including phenoxy) is 1. The van der Waals surface area contributed by atoms with Crippen LogP contribution >= 0.6 is 0 Å². The minimum absolute atomic E-state index is 0.115. The Hall–Kier alpha value is -3.16. The number of carbonyl (C=O) groups excluding carboxylic acids is 1. The zero-order valence-corrected chi connectivity index (χ0v) is 19.7. The molecular weight excluding hydrogens is 424 g/mol. The molecule has 0 saturated carbocycles. The lowest BCUT2D eigenvalue weighted by atomic mass is 10.0. The zero-order valence-electron chi connectivity index (χ0n) is 18.9. The third kappa shape index (κ3) is 5.36. The average Bonchev–Trinajstić information content (AvgIpc) is 2.76. The van der Waals surface area contributed by atoms with Gasteiger partial charge in [0.1, 0.15) is 5.75 Å². The number of hydrogen-bond acceptors (Lipinski definition) is 4. The summed E-state index contributed by atoms with van der Waals surface area (Å²) in [6.45, 7) is 5.50. The first kappa shape index (κ1) is 23.5. The molecule has 0 saturated heterocycles. The summed E-state index contributed by atoms with van der Waals surface area (Å²) in [7, 11) is -0.668. The molecule has 3 rings (SSSR count). The van der Waals surface area contributed by atoms with E-state index in [9.17, 15) is 13.2 Å². The van der Waals surface area contributed by atoms with Gasteiger partial charge in [0, 0.05) is 19.8 Å². The molecule has 6 nitrogen and oxygen atoms in total. The van der Waals surface area contributed by atoms with Gasteiger partial charge in [-0.25, -0.2) is 12.7 Å². The third-order valence-electron chi connectivity index (χ3n) is 5.17. The highest BCUT2D eigenvalue weighted by molar-refractivity contribution is 7.89. The number of anilines is 1. The number of sulfonamides is 1. The van der Waals surface area contributed by atoms with Gasteiger partial charge in [-0.3, -0.25) is 4.79 Å². The van der Waals surface area contributed by atoms with Crippen molar-refractivity contribution in [3.8, 4) is 16.9 Å². The first-order valence-electron chi connectivity index (χ1n) is 10.3. The smallest absolute Gasteiger partial charge is 0.265 e. The predicted octanol–water partition coefficient (Wildman–Crippen LogP) is 4.63. The Bertz CT molecular complexity index is 1200. The first-order chi connectivity index (χ1) is 15.1. The summed E-state index contributed by atoms with van der Waals surface area (Å²) >= 11 is 0. The van der Waals surface area contributed by atoms with Crippen molar-refractivity contribution in [1.29, 1.82) is 0 Å². The van der Waals surface area contributed by atoms with E-state index in [1.807, 2.05) is 31.2 Å². The van der Waals surface area contributed by atoms with Gasteiger partial charge in [0.2, 0.25) is 10.0 Å². The Labute approximate surface area is 189 Å². The average molecular weight is 453 g/mol. The van der Waals surface area contributed by atoms with Crippen molar-refractivity contribution in [2.45, 2.75) is 31.8 Å². The van der Waals surface area contributed by atoms with E-state index in [1.165, 1.54) is 31.8 Å². The van der Waals surface area contributed by atoms with E-state index in [2.05, 4.69) is 29.6 Å². The number of rotatable bonds is 7. The lowest BCUT2D eigenvalue weighted by Gasteiger charge is -2.17. The molecule has 3 aromatic rings. The van der Waals surface area contributed by atoms with Crippen LogP contribution in [0, 0.1) is 13.8 Å². The molecule has 0 aliphatic carbocycles. The minimum Gasteiger partial charge on any atom is -0.481 e. The minimum atomic E-state index is -3.60. The van der Waals surface area contributed by atoms with Gasteiger partial charge < -0.3 is 10.1 Å². The van der Waals surface area contributed by atoms with Gasteiger partial charge in [-0.05, 0) is 61.7 Å². The summed E-state index contributed by atoms with van der Waals surface area (Å²) in [6, 6.07) is 20.5. The fourth-order valence-corrected chi connectivity index (χ4v) is 4.00. The molecular formula is C25H28N2O4S. The van der Waals surface area contributed by atoms with Crippen LogP contribution in [-0.2, 0) is 14.8 Å². The molecule has 1 amide bonds. The Balaban J connectivity index is 1.69. The van der Waals surface area contributed by atoms with Crippen LogP contribution in [0.15, 0.2) is 71.6 Å². The largest absolute Gasteiger partial charge is 0.481 e. The summed E-state index contributed by atoms with van der Waals surface area (Å²) in [4.78, 5) is 12.8. The van der Waals surface area contributed by atoms with E-state index in [0.29, 0.717) is 11.4 Å². The first-order valence-corrected chi connectivity index (χ1v) is 11.7. The predicted molar refractivity (Wildman–Crippen MR) is 127 cm³/mol. The summed E-state index contributed by atoms with van der Waals surface area (Å²) < 4.78 is 31.7. The van der Waals surface area contributed by atoms with Gasteiger partial charge in [-0.15, -0.1) is 0 Å². The van der Waals surface area contributed by atoms with Gasteiger partial charge in [0.15, 0.2) is 6.10 Å². The molecule has 0 aliphatic rings. The molecule has 32 heavy (non-hydrogen) atoms. The number of benzene rings is 3. The van der Waals surface area contributed by atoms with Crippen LogP contribution in [0.5, 0.6) is 5.75 Å². The van der Waals surface area contributed by atoms with E-state index in [0.717, 1.165) is 21.0 Å². The van der Waals surface area contributed by atoms with Crippen LogP contribution in [0.3, 0.4) is 0 Å². The SMILES string of the molecule is Cc1ccc(-c2ccc(OC(C)C(=O)Nc3cc(S(=O)(=O)N(C)C)ccc3C)cc2)cc1. The monoisotopic (exact) mass is 452 g/mol. The van der Waals surface area contributed by atoms with Crippen molar-refractivity contribution in [3.05, 3.63) is 77.9 Å². The van der Waals surface area contributed by atoms with E-state index in [1.54, 1.807) is 19.9 Å². The Kier molecular flexibility index (Phi) is 7.01. The molecule has 1 atom stereocenters. The van der Waals surface area contributed by atoms with E-state index in [4.69, 9.17) is 4.74 Å². The van der Waals surface area contributed by atoms with Gasteiger partial charge in [-0.2, -0.15) is 0 Å². The number of hydrogen-bond donors (Lipinski definition) is 1. The number of nitrogens with zero attached hydrogens (tertiary/aromatic N) is 1. The fraction of sp³-hybridized carbons (Fsp3) is 0.240. The lowest BCUT2D eigenvalue weighted by molar-refractivity contribution is -0.122. The van der Waals surface area contributed by atoms with Crippen molar-refractivity contribution in [1.82, 2.24) is 4.31 Å². The second-order valence-electron chi connectivity index (χ2n) is 7.90. The highest BCUT2D eigenvalue weighted by Gasteiger charge is 2.20. The Morgan fingerprint density at radius 1 is 0.906 bits per heavy atom. The quantitative estimate of drug-likeness (QED) is 0.567. The van der Waals surface area contributed by atoms with Crippen LogP contribution in [0.1, 0.15) is 18.1 Å². The number of aryl methyl sites for hydroxylation is 2. The molecule has 168 valence electrons. The van der Waals surface area contributed by atoms with Crippen molar-refractivity contribution >= 4 is 21.6 Å². The maximum atomic E-state index is 12.7. The second kappa shape index (κ2) is 9.54. The summed E-state index contributed by atoms with van der Waals surface area (Å²) in [5, 5.41) is 2.78. The molecule has 0 spiro atoms. The number of carbonyl (C=O) groups is 1. The van der Waals surface area contributed by atoms with E-state index in [-0.39, 0.29) is 10.8 Å². The topological polar surface area (TPSA) is 75.7 Å². The van der Waals surface area contributed by atoms with Crippen molar-refractivity contribution in [2.75, 3.05) is 19.4 Å². The molecule has 0 fully saturated rings. The fourth-order valence-electron chi connectivity index (χ4n) is 3.07. The molecule has 0 aromatic heterocycles. The van der Waals surface area contributed by atoms with Gasteiger partial charge >= 0.3 is 0 Å². The Morgan fingerprint density at radius 2 is 1.47 bits per heavy atom. The molecule has 7 heteroatoms. The second-order valence-corrected chi connectivity index (χ2v) is 10.1. The molecule has 3 aromatic carbocycles. The lowest BCUT2D eigenvalue weighted by Crippen LogP contribution is -2.30. The molecule has 1 N–H and O–H groups in total. The molecule has 0 heterocycles. The summed E-state index contributed by atoms with van der Waals surface area (Å²) in [5.74, 6) is 0.208. The maximum absolute atomic E-state index is 12.7. The molecule has 0 radical (unpaired) electrons. The standard InChI is InChI=1S/C25H28N2O4S/c1-17-6-9-20(10-7-17)21-11-13-22(14-12-21)31-19(3)25(28)26-24-16-23(15-8-18(24)2)32(29,30)27(4)5/h6-16,19H,1-5H3,(H,26,28). The maximum Gasteiger partial charge on any atom is 0.265 e. The van der Waals surface area contributed by atoms with Crippen molar-refractivity contribution in [2.24, 2.45) is 0 Å². The summed E-state index contributed by atoms with van der Waals surface area (Å²) in [6.07, 6.45) is -0.770. The van der Waals surface area contributed by atoms with Crippen LogP contribution in [0.25, 0.3) is 11.1 Å².